The number of hydrogen-bond donors (Lipinski definition) is 1. The average molecular weight is 275 g/mol. The van der Waals surface area contributed by atoms with Crippen LogP contribution < -0.4 is 4.90 Å². The molecule has 8 nitrogen and oxygen atoms in total. The van der Waals surface area contributed by atoms with Crippen molar-refractivity contribution in [3.05, 3.63) is 33.9 Å². The summed E-state index contributed by atoms with van der Waals surface area (Å²) < 4.78 is 0. The summed E-state index contributed by atoms with van der Waals surface area (Å²) in [4.78, 5) is 33.9. The number of rotatable bonds is 3. The Hall–Kier alpha value is -2.95. The molecule has 0 aromatic heterocycles. The Kier molecular flexibility index (Phi) is 3.35. The summed E-state index contributed by atoms with van der Waals surface area (Å²) >= 11 is 0. The van der Waals surface area contributed by atoms with Gasteiger partial charge in [0, 0.05) is 25.1 Å². The van der Waals surface area contributed by atoms with Crippen LogP contribution in [0.25, 0.3) is 0 Å². The molecule has 2 rings (SSSR count). The van der Waals surface area contributed by atoms with Gasteiger partial charge in [-0.15, -0.1) is 0 Å². The van der Waals surface area contributed by atoms with E-state index < -0.39 is 22.7 Å². The Morgan fingerprint density at radius 1 is 1.55 bits per heavy atom. The van der Waals surface area contributed by atoms with Gasteiger partial charge in [0.1, 0.15) is 6.07 Å². The van der Waals surface area contributed by atoms with Crippen molar-refractivity contribution in [2.75, 3.05) is 11.4 Å². The van der Waals surface area contributed by atoms with Crippen LogP contribution >= 0.6 is 0 Å². The van der Waals surface area contributed by atoms with Gasteiger partial charge in [0.15, 0.2) is 0 Å². The first-order chi connectivity index (χ1) is 9.43. The molecule has 8 heteroatoms. The van der Waals surface area contributed by atoms with Crippen LogP contribution in [0.15, 0.2) is 18.2 Å². The smallest absolute Gasteiger partial charge is 0.308 e. The predicted octanol–water partition coefficient (Wildman–Crippen LogP) is 0.904. The highest BCUT2D eigenvalue weighted by Crippen LogP contribution is 2.30. The Morgan fingerprint density at radius 3 is 2.75 bits per heavy atom. The second kappa shape index (κ2) is 4.97. The lowest BCUT2D eigenvalue weighted by molar-refractivity contribution is -0.384. The van der Waals surface area contributed by atoms with Gasteiger partial charge in [-0.3, -0.25) is 19.7 Å². The lowest BCUT2D eigenvalue weighted by Crippen LogP contribution is -2.26. The van der Waals surface area contributed by atoms with E-state index in [0.29, 0.717) is 0 Å². The van der Waals surface area contributed by atoms with Crippen LogP contribution in [0.2, 0.25) is 0 Å². The van der Waals surface area contributed by atoms with Gasteiger partial charge in [0.25, 0.3) is 5.69 Å². The standard InChI is InChI=1S/C12H9N3O5/c13-5-7-3-9(15(19)20)1-2-10(7)14-6-8(12(17)18)4-11(14)16/h1-3,8H,4,6H2,(H,17,18). The second-order valence-corrected chi connectivity index (χ2v) is 4.31. The van der Waals surface area contributed by atoms with Crippen LogP contribution in [-0.2, 0) is 9.59 Å². The molecule has 0 spiro atoms. The zero-order valence-electron chi connectivity index (χ0n) is 10.1. The van der Waals surface area contributed by atoms with E-state index in [0.717, 1.165) is 6.07 Å². The maximum absolute atomic E-state index is 11.8. The summed E-state index contributed by atoms with van der Waals surface area (Å²) in [6, 6.07) is 5.32. The van der Waals surface area contributed by atoms with E-state index >= 15 is 0 Å². The van der Waals surface area contributed by atoms with Crippen molar-refractivity contribution >= 4 is 23.3 Å². The van der Waals surface area contributed by atoms with Gasteiger partial charge >= 0.3 is 5.97 Å². The first-order valence-electron chi connectivity index (χ1n) is 5.65. The number of carboxylic acid groups (broad SMARTS) is 1. The number of anilines is 1. The molecule has 1 aliphatic heterocycles. The zero-order chi connectivity index (χ0) is 14.9. The molecule has 1 atom stereocenters. The number of nitrogens with zero attached hydrogens (tertiary/aromatic N) is 3. The maximum atomic E-state index is 11.8. The number of carboxylic acids is 1. The summed E-state index contributed by atoms with van der Waals surface area (Å²) in [5.41, 5.74) is -0.0860. The minimum Gasteiger partial charge on any atom is -0.481 e. The number of nitro groups is 1. The number of carbonyl (C=O) groups excluding carboxylic acids is 1. The topological polar surface area (TPSA) is 125 Å². The highest BCUT2D eigenvalue weighted by molar-refractivity contribution is 6.00. The van der Waals surface area contributed by atoms with Crippen LogP contribution in [0.3, 0.4) is 0 Å². The Balaban J connectivity index is 2.39. The highest BCUT2D eigenvalue weighted by Gasteiger charge is 2.36. The fourth-order valence-corrected chi connectivity index (χ4v) is 2.07. The number of hydrogen-bond acceptors (Lipinski definition) is 5. The lowest BCUT2D eigenvalue weighted by atomic mass is 10.1. The molecule has 0 bridgehead atoms. The average Bonchev–Trinajstić information content (AvgIpc) is 2.80. The molecule has 20 heavy (non-hydrogen) atoms. The number of aliphatic carboxylic acids is 1. The molecular weight excluding hydrogens is 266 g/mol. The molecule has 1 N–H and O–H groups in total. The van der Waals surface area contributed by atoms with Crippen LogP contribution in [0, 0.1) is 27.4 Å². The van der Waals surface area contributed by atoms with E-state index in [-0.39, 0.29) is 29.9 Å². The van der Waals surface area contributed by atoms with Crippen LogP contribution in [0.1, 0.15) is 12.0 Å². The Morgan fingerprint density at radius 2 is 2.25 bits per heavy atom. The van der Waals surface area contributed by atoms with Crippen molar-refractivity contribution in [3.8, 4) is 6.07 Å². The SMILES string of the molecule is N#Cc1cc([N+](=O)[O-])ccc1N1CC(C(=O)O)CC1=O. The van der Waals surface area contributed by atoms with Gasteiger partial charge in [-0.25, -0.2) is 0 Å². The summed E-state index contributed by atoms with van der Waals surface area (Å²) in [6.07, 6.45) is -0.142. The fraction of sp³-hybridized carbons (Fsp3) is 0.250. The number of nitro benzene ring substituents is 1. The molecule has 1 heterocycles. The summed E-state index contributed by atoms with van der Waals surface area (Å²) in [7, 11) is 0. The monoisotopic (exact) mass is 275 g/mol. The van der Waals surface area contributed by atoms with Crippen LogP contribution in [-0.4, -0.2) is 28.5 Å². The summed E-state index contributed by atoms with van der Waals surface area (Å²) in [5.74, 6) is -2.33. The fourth-order valence-electron chi connectivity index (χ4n) is 2.07. The first kappa shape index (κ1) is 13.5. The molecule has 0 saturated carbocycles. The minimum absolute atomic E-state index is 0.0291. The Bertz CT molecular complexity index is 649. The van der Waals surface area contributed by atoms with E-state index in [1.54, 1.807) is 6.07 Å². The van der Waals surface area contributed by atoms with Gasteiger partial charge in [0.2, 0.25) is 5.91 Å². The number of benzene rings is 1. The number of nitriles is 1. The van der Waals surface area contributed by atoms with Crippen molar-refractivity contribution in [2.45, 2.75) is 6.42 Å². The van der Waals surface area contributed by atoms with Gasteiger partial charge in [-0.1, -0.05) is 0 Å². The number of carbonyl (C=O) groups is 2. The summed E-state index contributed by atoms with van der Waals surface area (Å²) in [5, 5.41) is 28.6. The van der Waals surface area contributed by atoms with Crippen molar-refractivity contribution in [1.82, 2.24) is 0 Å². The Labute approximate surface area is 113 Å². The number of non-ortho nitro benzene ring substituents is 1. The summed E-state index contributed by atoms with van der Waals surface area (Å²) in [6.45, 7) is -0.0410. The lowest BCUT2D eigenvalue weighted by Gasteiger charge is -2.17. The van der Waals surface area contributed by atoms with Crippen molar-refractivity contribution < 1.29 is 19.6 Å². The first-order valence-corrected chi connectivity index (χ1v) is 5.65. The van der Waals surface area contributed by atoms with Crippen molar-refractivity contribution in [1.29, 1.82) is 5.26 Å². The maximum Gasteiger partial charge on any atom is 0.308 e. The molecule has 0 aliphatic carbocycles. The normalized spacial score (nSPS) is 17.9. The molecule has 102 valence electrons. The van der Waals surface area contributed by atoms with E-state index in [9.17, 15) is 19.7 Å². The highest BCUT2D eigenvalue weighted by atomic mass is 16.6. The van der Waals surface area contributed by atoms with Gasteiger partial charge in [0.05, 0.1) is 22.1 Å². The van der Waals surface area contributed by atoms with E-state index in [4.69, 9.17) is 10.4 Å². The second-order valence-electron chi connectivity index (χ2n) is 4.31. The minimum atomic E-state index is -1.08. The van der Waals surface area contributed by atoms with Gasteiger partial charge in [-0.2, -0.15) is 5.26 Å². The van der Waals surface area contributed by atoms with Crippen molar-refractivity contribution in [2.24, 2.45) is 5.92 Å². The molecule has 1 aromatic carbocycles. The van der Waals surface area contributed by atoms with Gasteiger partial charge < -0.3 is 10.0 Å². The molecule has 1 aliphatic rings. The quantitative estimate of drug-likeness (QED) is 0.645. The predicted molar refractivity (Wildman–Crippen MR) is 65.9 cm³/mol. The third kappa shape index (κ3) is 2.29. The molecule has 0 radical (unpaired) electrons. The third-order valence-corrected chi connectivity index (χ3v) is 3.08. The zero-order valence-corrected chi connectivity index (χ0v) is 10.1. The molecule has 1 amide bonds. The van der Waals surface area contributed by atoms with Gasteiger partial charge in [-0.05, 0) is 6.07 Å². The van der Waals surface area contributed by atoms with Crippen molar-refractivity contribution in [3.63, 3.8) is 0 Å². The molecule has 1 fully saturated rings. The largest absolute Gasteiger partial charge is 0.481 e. The van der Waals surface area contributed by atoms with E-state index in [1.807, 2.05) is 0 Å². The van der Waals surface area contributed by atoms with E-state index in [2.05, 4.69) is 0 Å². The van der Waals surface area contributed by atoms with Crippen LogP contribution in [0.4, 0.5) is 11.4 Å². The molecule has 1 aromatic rings. The van der Waals surface area contributed by atoms with Crippen LogP contribution in [0.5, 0.6) is 0 Å². The van der Waals surface area contributed by atoms with E-state index in [1.165, 1.54) is 17.0 Å². The third-order valence-electron chi connectivity index (χ3n) is 3.08. The molecule has 1 saturated heterocycles. The molecular formula is C12H9N3O5. The molecule has 1 unspecified atom stereocenters. The number of amides is 1.